The minimum absolute atomic E-state index is 0.0732. The number of carboxylic acids is 1. The molecule has 0 atom stereocenters. The first-order chi connectivity index (χ1) is 11.3. The standard InChI is InChI=1S/C14H17N3O7/c1-8-10(16-14(21)15-5-3-4-12(18)19)6-9(13(20)24-2)7-11(8)17(22)23/h6-7H,3-5H2,1-2H3,(H,18,19)(H2,15,16,21). The normalized spacial score (nSPS) is 9.92. The SMILES string of the molecule is COC(=O)c1cc(NC(=O)NCCCC(=O)O)c(C)c([N+](=O)[O-])c1. The topological polar surface area (TPSA) is 148 Å². The second kappa shape index (κ2) is 8.46. The van der Waals surface area contributed by atoms with E-state index in [1.165, 1.54) is 13.0 Å². The third kappa shape index (κ3) is 5.23. The maximum atomic E-state index is 11.8. The first-order valence-electron chi connectivity index (χ1n) is 6.90. The maximum absolute atomic E-state index is 11.8. The van der Waals surface area contributed by atoms with Gasteiger partial charge in [0, 0.05) is 19.0 Å². The van der Waals surface area contributed by atoms with Gasteiger partial charge in [0.1, 0.15) is 0 Å². The molecule has 0 aliphatic heterocycles. The Balaban J connectivity index is 2.91. The number of carbonyl (C=O) groups is 3. The molecule has 0 saturated carbocycles. The quantitative estimate of drug-likeness (QED) is 0.296. The molecule has 0 aliphatic carbocycles. The van der Waals surface area contributed by atoms with Crippen molar-refractivity contribution in [3.63, 3.8) is 0 Å². The van der Waals surface area contributed by atoms with Gasteiger partial charge in [-0.05, 0) is 19.4 Å². The number of urea groups is 1. The van der Waals surface area contributed by atoms with Gasteiger partial charge in [0.2, 0.25) is 0 Å². The van der Waals surface area contributed by atoms with Crippen LogP contribution in [0.2, 0.25) is 0 Å². The van der Waals surface area contributed by atoms with Crippen LogP contribution in [-0.2, 0) is 9.53 Å². The van der Waals surface area contributed by atoms with Crippen molar-refractivity contribution in [1.82, 2.24) is 5.32 Å². The number of carboxylic acid groups (broad SMARTS) is 1. The van der Waals surface area contributed by atoms with Gasteiger partial charge < -0.3 is 20.5 Å². The van der Waals surface area contributed by atoms with E-state index in [9.17, 15) is 24.5 Å². The van der Waals surface area contributed by atoms with Crippen LogP contribution in [0.15, 0.2) is 12.1 Å². The van der Waals surface area contributed by atoms with Crippen molar-refractivity contribution in [1.29, 1.82) is 0 Å². The van der Waals surface area contributed by atoms with E-state index in [4.69, 9.17) is 5.11 Å². The van der Waals surface area contributed by atoms with Crippen molar-refractivity contribution < 1.29 is 29.2 Å². The zero-order valence-electron chi connectivity index (χ0n) is 13.1. The predicted molar refractivity (Wildman–Crippen MR) is 83.1 cm³/mol. The van der Waals surface area contributed by atoms with Gasteiger partial charge in [-0.2, -0.15) is 0 Å². The molecule has 10 heteroatoms. The number of methoxy groups -OCH3 is 1. The molecule has 1 rings (SSSR count). The molecule has 0 radical (unpaired) electrons. The summed E-state index contributed by atoms with van der Waals surface area (Å²) in [4.78, 5) is 44.1. The summed E-state index contributed by atoms with van der Waals surface area (Å²) < 4.78 is 4.53. The van der Waals surface area contributed by atoms with E-state index < -0.39 is 22.9 Å². The van der Waals surface area contributed by atoms with Gasteiger partial charge in [-0.15, -0.1) is 0 Å². The number of nitrogens with zero attached hydrogens (tertiary/aromatic N) is 1. The van der Waals surface area contributed by atoms with E-state index in [1.807, 2.05) is 0 Å². The number of nitro groups is 1. The van der Waals surface area contributed by atoms with Gasteiger partial charge in [0.25, 0.3) is 5.69 Å². The molecule has 10 nitrogen and oxygen atoms in total. The molecule has 0 heterocycles. The van der Waals surface area contributed by atoms with Gasteiger partial charge in [0.05, 0.1) is 28.8 Å². The van der Waals surface area contributed by atoms with E-state index in [2.05, 4.69) is 15.4 Å². The molecular formula is C14H17N3O7. The highest BCUT2D eigenvalue weighted by Crippen LogP contribution is 2.28. The molecule has 2 amide bonds. The number of carbonyl (C=O) groups excluding carboxylic acids is 2. The smallest absolute Gasteiger partial charge is 0.338 e. The van der Waals surface area contributed by atoms with Crippen LogP contribution in [0.4, 0.5) is 16.2 Å². The molecule has 0 aromatic heterocycles. The van der Waals surface area contributed by atoms with Crippen LogP contribution in [0.25, 0.3) is 0 Å². The highest BCUT2D eigenvalue weighted by Gasteiger charge is 2.20. The number of anilines is 1. The van der Waals surface area contributed by atoms with Crippen LogP contribution < -0.4 is 10.6 Å². The van der Waals surface area contributed by atoms with E-state index in [0.29, 0.717) is 0 Å². The molecule has 130 valence electrons. The fourth-order valence-corrected chi connectivity index (χ4v) is 1.86. The molecule has 0 aliphatic rings. The van der Waals surface area contributed by atoms with Crippen LogP contribution in [0.5, 0.6) is 0 Å². The van der Waals surface area contributed by atoms with E-state index in [-0.39, 0.29) is 41.9 Å². The Labute approximate surface area is 136 Å². The minimum Gasteiger partial charge on any atom is -0.481 e. The third-order valence-electron chi connectivity index (χ3n) is 3.10. The lowest BCUT2D eigenvalue weighted by Gasteiger charge is -2.11. The van der Waals surface area contributed by atoms with Gasteiger partial charge in [-0.3, -0.25) is 14.9 Å². The molecule has 1 aromatic rings. The number of nitrogens with one attached hydrogen (secondary N) is 2. The molecule has 24 heavy (non-hydrogen) atoms. The van der Waals surface area contributed by atoms with Gasteiger partial charge in [0.15, 0.2) is 0 Å². The molecule has 0 saturated heterocycles. The minimum atomic E-state index is -0.977. The van der Waals surface area contributed by atoms with E-state index in [1.54, 1.807) is 0 Å². The number of esters is 1. The Morgan fingerprint density at radius 2 is 2.00 bits per heavy atom. The zero-order chi connectivity index (χ0) is 18.3. The molecule has 3 N–H and O–H groups in total. The number of ether oxygens (including phenoxy) is 1. The van der Waals surface area contributed by atoms with Crippen LogP contribution in [0, 0.1) is 17.0 Å². The Hall–Kier alpha value is -3.17. The number of aliphatic carboxylic acids is 1. The van der Waals surface area contributed by atoms with Crippen molar-refractivity contribution in [2.24, 2.45) is 0 Å². The zero-order valence-corrected chi connectivity index (χ0v) is 13.1. The monoisotopic (exact) mass is 339 g/mol. The van der Waals surface area contributed by atoms with Gasteiger partial charge >= 0.3 is 18.0 Å². The summed E-state index contributed by atoms with van der Waals surface area (Å²) in [5, 5.41) is 24.4. The fourth-order valence-electron chi connectivity index (χ4n) is 1.86. The Bertz CT molecular complexity index is 673. The highest BCUT2D eigenvalue weighted by atomic mass is 16.6. The summed E-state index contributed by atoms with van der Waals surface area (Å²) in [5.41, 5.74) is -0.149. The lowest BCUT2D eigenvalue weighted by molar-refractivity contribution is -0.385. The van der Waals surface area contributed by atoms with E-state index >= 15 is 0 Å². The molecule has 0 unspecified atom stereocenters. The number of hydrogen-bond donors (Lipinski definition) is 3. The summed E-state index contributed by atoms with van der Waals surface area (Å²) in [6.45, 7) is 1.55. The molecule has 0 fully saturated rings. The summed E-state index contributed by atoms with van der Waals surface area (Å²) in [7, 11) is 1.14. The Morgan fingerprint density at radius 1 is 1.33 bits per heavy atom. The molecule has 0 spiro atoms. The van der Waals surface area contributed by atoms with Gasteiger partial charge in [-0.1, -0.05) is 0 Å². The van der Waals surface area contributed by atoms with Crippen LogP contribution in [0.1, 0.15) is 28.8 Å². The molecule has 1 aromatic carbocycles. The average molecular weight is 339 g/mol. The maximum Gasteiger partial charge on any atom is 0.338 e. The van der Waals surface area contributed by atoms with Gasteiger partial charge in [-0.25, -0.2) is 9.59 Å². The predicted octanol–water partition coefficient (Wildman–Crippen LogP) is 1.68. The van der Waals surface area contributed by atoms with Crippen LogP contribution >= 0.6 is 0 Å². The Kier molecular flexibility index (Phi) is 6.65. The molecule has 0 bridgehead atoms. The lowest BCUT2D eigenvalue weighted by Crippen LogP contribution is -2.30. The highest BCUT2D eigenvalue weighted by molar-refractivity contribution is 5.96. The van der Waals surface area contributed by atoms with Crippen LogP contribution in [0.3, 0.4) is 0 Å². The first-order valence-corrected chi connectivity index (χ1v) is 6.90. The van der Waals surface area contributed by atoms with Crippen LogP contribution in [-0.4, -0.2) is 41.7 Å². The first kappa shape index (κ1) is 18.9. The summed E-state index contributed by atoms with van der Waals surface area (Å²) in [6, 6.07) is 1.67. The summed E-state index contributed by atoms with van der Waals surface area (Å²) >= 11 is 0. The fraction of sp³-hybridized carbons (Fsp3) is 0.357. The van der Waals surface area contributed by atoms with E-state index in [0.717, 1.165) is 13.2 Å². The third-order valence-corrected chi connectivity index (χ3v) is 3.10. The largest absolute Gasteiger partial charge is 0.481 e. The summed E-state index contributed by atoms with van der Waals surface area (Å²) in [5.74, 6) is -1.75. The number of nitro benzene ring substituents is 1. The number of hydrogen-bond acceptors (Lipinski definition) is 6. The van der Waals surface area contributed by atoms with Crippen molar-refractivity contribution in [3.05, 3.63) is 33.4 Å². The lowest BCUT2D eigenvalue weighted by atomic mass is 10.1. The Morgan fingerprint density at radius 3 is 2.54 bits per heavy atom. The van der Waals surface area contributed by atoms with Crippen molar-refractivity contribution in [2.45, 2.75) is 19.8 Å². The second-order valence-corrected chi connectivity index (χ2v) is 4.79. The number of rotatable bonds is 7. The van der Waals surface area contributed by atoms with Crippen molar-refractivity contribution in [2.75, 3.05) is 19.0 Å². The summed E-state index contributed by atoms with van der Waals surface area (Å²) in [6.07, 6.45) is 0.146. The van der Waals surface area contributed by atoms with Crippen molar-refractivity contribution >= 4 is 29.3 Å². The second-order valence-electron chi connectivity index (χ2n) is 4.79. The number of benzene rings is 1. The average Bonchev–Trinajstić information content (AvgIpc) is 2.52. The number of amides is 2. The van der Waals surface area contributed by atoms with Crippen molar-refractivity contribution in [3.8, 4) is 0 Å². The molecular weight excluding hydrogens is 322 g/mol.